The summed E-state index contributed by atoms with van der Waals surface area (Å²) in [5.74, 6) is -1.02. The first kappa shape index (κ1) is 27.4. The lowest BCUT2D eigenvalue weighted by Gasteiger charge is -2.18. The molecule has 0 spiro atoms. The van der Waals surface area contributed by atoms with Crippen molar-refractivity contribution in [3.8, 4) is 58.0 Å². The summed E-state index contributed by atoms with van der Waals surface area (Å²) in [6.07, 6.45) is -9.33. The van der Waals surface area contributed by atoms with Gasteiger partial charge in [-0.1, -0.05) is 24.3 Å². The van der Waals surface area contributed by atoms with Crippen molar-refractivity contribution in [3.63, 3.8) is 0 Å². The summed E-state index contributed by atoms with van der Waals surface area (Å²) < 4.78 is 91.4. The van der Waals surface area contributed by atoms with E-state index in [0.29, 0.717) is 0 Å². The third-order valence-corrected chi connectivity index (χ3v) is 6.20. The van der Waals surface area contributed by atoms with Gasteiger partial charge in [0.05, 0.1) is 22.5 Å². The molecule has 0 amide bonds. The van der Waals surface area contributed by atoms with Gasteiger partial charge in [0.1, 0.15) is 24.3 Å². The number of allylic oxidation sites excluding steroid dienone is 2. The number of hydrogen-bond acceptors (Lipinski definition) is 8. The maximum Gasteiger partial charge on any atom is 0.416 e. The molecule has 3 aromatic rings. The number of nitrogens with zero attached hydrogens (tertiary/aromatic N) is 4. The van der Waals surface area contributed by atoms with Crippen molar-refractivity contribution >= 4 is 11.4 Å². The van der Waals surface area contributed by atoms with Gasteiger partial charge in [-0.05, 0) is 35.4 Å². The summed E-state index contributed by atoms with van der Waals surface area (Å²) in [4.78, 5) is 0. The van der Waals surface area contributed by atoms with Crippen LogP contribution in [0.5, 0.6) is 11.5 Å². The van der Waals surface area contributed by atoms with Gasteiger partial charge in [0.2, 0.25) is 11.8 Å². The SMILES string of the molecule is N#CC(C#N)=C1Nc2c(c3c(c(-c4ccc(C(F)(F)F)cc4)c2-c2ccc(C(F)(F)F)cc2)NC(=C(C#N)C#N)O3)O1. The molecule has 0 radical (unpaired) electrons. The van der Waals surface area contributed by atoms with Crippen LogP contribution in [0, 0.1) is 45.3 Å². The molecule has 0 unspecified atom stereocenters. The van der Waals surface area contributed by atoms with E-state index in [-0.39, 0.29) is 56.9 Å². The second kappa shape index (κ2) is 9.81. The summed E-state index contributed by atoms with van der Waals surface area (Å²) in [5, 5.41) is 43.0. The molecule has 42 heavy (non-hydrogen) atoms. The quantitative estimate of drug-likeness (QED) is 0.242. The maximum absolute atomic E-state index is 13.3. The van der Waals surface area contributed by atoms with Crippen LogP contribution in [0.2, 0.25) is 0 Å². The van der Waals surface area contributed by atoms with Crippen LogP contribution < -0.4 is 20.1 Å². The van der Waals surface area contributed by atoms with Gasteiger partial charge >= 0.3 is 12.4 Å². The number of nitriles is 4. The Labute approximate surface area is 232 Å². The van der Waals surface area contributed by atoms with Gasteiger partial charge in [0.15, 0.2) is 22.6 Å². The summed E-state index contributed by atoms with van der Waals surface area (Å²) in [6.45, 7) is 0. The number of nitrogens with one attached hydrogen (secondary N) is 2. The van der Waals surface area contributed by atoms with Crippen LogP contribution in [-0.2, 0) is 12.4 Å². The van der Waals surface area contributed by atoms with E-state index in [1.165, 1.54) is 0 Å². The van der Waals surface area contributed by atoms with E-state index in [4.69, 9.17) is 9.47 Å². The van der Waals surface area contributed by atoms with Gasteiger partial charge in [-0.2, -0.15) is 47.4 Å². The topological polar surface area (TPSA) is 138 Å². The van der Waals surface area contributed by atoms with Gasteiger partial charge in [-0.15, -0.1) is 0 Å². The lowest BCUT2D eigenvalue weighted by molar-refractivity contribution is -0.138. The van der Waals surface area contributed by atoms with Crippen LogP contribution in [0.4, 0.5) is 37.7 Å². The van der Waals surface area contributed by atoms with Gasteiger partial charge in [0, 0.05) is 11.1 Å². The Morgan fingerprint density at radius 2 is 0.857 bits per heavy atom. The van der Waals surface area contributed by atoms with Crippen molar-refractivity contribution in [1.29, 1.82) is 21.0 Å². The number of benzene rings is 3. The summed E-state index contributed by atoms with van der Waals surface area (Å²) >= 11 is 0. The fraction of sp³-hybridized carbons (Fsp3) is 0.0714. The Kier molecular flexibility index (Phi) is 6.41. The average molecular weight is 576 g/mol. The van der Waals surface area contributed by atoms with Crippen LogP contribution in [0.1, 0.15) is 11.1 Å². The van der Waals surface area contributed by atoms with Crippen molar-refractivity contribution < 1.29 is 35.8 Å². The van der Waals surface area contributed by atoms with Crippen molar-refractivity contribution in [2.45, 2.75) is 12.4 Å². The first-order chi connectivity index (χ1) is 19.9. The van der Waals surface area contributed by atoms with Gasteiger partial charge in [0.25, 0.3) is 0 Å². The third-order valence-electron chi connectivity index (χ3n) is 6.20. The van der Waals surface area contributed by atoms with E-state index in [1.54, 1.807) is 24.3 Å². The van der Waals surface area contributed by atoms with E-state index in [1.807, 2.05) is 0 Å². The molecular weight excluding hydrogens is 566 g/mol. The van der Waals surface area contributed by atoms with Crippen LogP contribution in [0.3, 0.4) is 0 Å². The maximum atomic E-state index is 13.3. The second-order valence-corrected chi connectivity index (χ2v) is 8.62. The Balaban J connectivity index is 1.87. The standard InChI is InChI=1S/C28H10F6N6O2/c29-27(30,31)17-5-1-13(2-6-17)19-20(14-3-7-18(8-4-14)28(32,33)34)22-24(42-26(40-22)16(11-37)12-38)23-21(19)39-25(41-23)15(9-35)10-36/h1-8,39-40H. The minimum atomic E-state index is -4.67. The molecule has 0 bridgehead atoms. The highest BCUT2D eigenvalue weighted by Gasteiger charge is 2.39. The number of anilines is 2. The number of halogens is 6. The van der Waals surface area contributed by atoms with E-state index >= 15 is 0 Å². The molecule has 0 saturated carbocycles. The lowest BCUT2D eigenvalue weighted by atomic mass is 9.89. The van der Waals surface area contributed by atoms with E-state index in [0.717, 1.165) is 48.5 Å². The van der Waals surface area contributed by atoms with Gasteiger partial charge < -0.3 is 20.1 Å². The predicted molar refractivity (Wildman–Crippen MR) is 132 cm³/mol. The molecule has 0 saturated heterocycles. The highest BCUT2D eigenvalue weighted by atomic mass is 19.4. The van der Waals surface area contributed by atoms with Crippen molar-refractivity contribution in [3.05, 3.63) is 82.6 Å². The average Bonchev–Trinajstić information content (AvgIpc) is 3.58. The molecule has 0 aliphatic carbocycles. The summed E-state index contributed by atoms with van der Waals surface area (Å²) in [7, 11) is 0. The zero-order valence-corrected chi connectivity index (χ0v) is 20.5. The van der Waals surface area contributed by atoms with E-state index < -0.39 is 34.6 Å². The second-order valence-electron chi connectivity index (χ2n) is 8.62. The minimum Gasteiger partial charge on any atom is -0.433 e. The van der Waals surface area contributed by atoms with Crippen molar-refractivity contribution in [2.24, 2.45) is 0 Å². The smallest absolute Gasteiger partial charge is 0.416 e. The third kappa shape index (κ3) is 4.53. The monoisotopic (exact) mass is 576 g/mol. The first-order valence-electron chi connectivity index (χ1n) is 11.5. The molecule has 0 fully saturated rings. The highest BCUT2D eigenvalue weighted by molar-refractivity contribution is 6.06. The number of hydrogen-bond donors (Lipinski definition) is 2. The first-order valence-corrected chi connectivity index (χ1v) is 11.5. The molecular formula is C28H10F6N6O2. The molecule has 2 N–H and O–H groups in total. The zero-order chi connectivity index (χ0) is 30.4. The molecule has 2 heterocycles. The van der Waals surface area contributed by atoms with Gasteiger partial charge in [-0.25, -0.2) is 0 Å². The Morgan fingerprint density at radius 3 is 1.12 bits per heavy atom. The zero-order valence-electron chi connectivity index (χ0n) is 20.5. The fourth-order valence-electron chi connectivity index (χ4n) is 4.33. The number of alkyl halides is 6. The van der Waals surface area contributed by atoms with E-state index in [2.05, 4.69) is 10.6 Å². The normalized spacial score (nSPS) is 13.1. The summed E-state index contributed by atoms with van der Waals surface area (Å²) in [5.41, 5.74) is -2.52. The summed E-state index contributed by atoms with van der Waals surface area (Å²) in [6, 6.07) is 14.2. The Morgan fingerprint density at radius 1 is 0.548 bits per heavy atom. The molecule has 14 heteroatoms. The predicted octanol–water partition coefficient (Wildman–Crippen LogP) is 7.18. The Hall–Kier alpha value is -6.12. The molecule has 2 aliphatic rings. The number of ether oxygens (including phenoxy) is 2. The molecule has 0 aromatic heterocycles. The molecule has 0 atom stereocenters. The Bertz CT molecular complexity index is 1710. The molecule has 2 aliphatic heterocycles. The van der Waals surface area contributed by atoms with Gasteiger partial charge in [-0.3, -0.25) is 0 Å². The molecule has 5 rings (SSSR count). The van der Waals surface area contributed by atoms with Crippen LogP contribution in [0.15, 0.2) is 71.4 Å². The number of rotatable bonds is 2. The van der Waals surface area contributed by atoms with Crippen LogP contribution in [0.25, 0.3) is 22.3 Å². The molecule has 8 nitrogen and oxygen atoms in total. The fourth-order valence-corrected chi connectivity index (χ4v) is 4.33. The lowest BCUT2D eigenvalue weighted by Crippen LogP contribution is -2.05. The largest absolute Gasteiger partial charge is 0.433 e. The van der Waals surface area contributed by atoms with Crippen molar-refractivity contribution in [1.82, 2.24) is 0 Å². The molecule has 3 aromatic carbocycles. The highest BCUT2D eigenvalue weighted by Crippen LogP contribution is 2.60. The van der Waals surface area contributed by atoms with E-state index in [9.17, 15) is 47.4 Å². The van der Waals surface area contributed by atoms with Crippen LogP contribution in [-0.4, -0.2) is 0 Å². The minimum absolute atomic E-state index is 0.0000723. The van der Waals surface area contributed by atoms with Crippen molar-refractivity contribution in [2.75, 3.05) is 10.6 Å². The molecule has 206 valence electrons. The number of fused-ring (bicyclic) bond motifs is 3. The van der Waals surface area contributed by atoms with Crippen LogP contribution >= 0.6 is 0 Å².